The summed E-state index contributed by atoms with van der Waals surface area (Å²) in [6.07, 6.45) is -1.83. The molecule has 0 bridgehead atoms. The molecule has 0 aliphatic heterocycles. The van der Waals surface area contributed by atoms with Crippen molar-refractivity contribution in [2.75, 3.05) is 0 Å². The predicted octanol–water partition coefficient (Wildman–Crippen LogP) is 3.10. The third kappa shape index (κ3) is 3.43. The van der Waals surface area contributed by atoms with Crippen LogP contribution in [0, 0.1) is 5.82 Å². The molecule has 1 aromatic carbocycles. The van der Waals surface area contributed by atoms with Gasteiger partial charge in [-0.25, -0.2) is 14.4 Å². The van der Waals surface area contributed by atoms with Crippen LogP contribution in [0.15, 0.2) is 36.7 Å². The topological polar surface area (TPSA) is 51.8 Å². The highest BCUT2D eigenvalue weighted by Crippen LogP contribution is 2.32. The van der Waals surface area contributed by atoms with Gasteiger partial charge in [-0.15, -0.1) is 12.4 Å². The number of hydrogen-bond acceptors (Lipinski definition) is 3. The molecule has 0 unspecified atom stereocenters. The third-order valence-electron chi connectivity index (χ3n) is 2.52. The minimum atomic E-state index is -4.73. The first kappa shape index (κ1) is 16.3. The first-order valence-electron chi connectivity index (χ1n) is 5.28. The van der Waals surface area contributed by atoms with Crippen molar-refractivity contribution in [3.8, 4) is 0 Å². The number of benzene rings is 1. The Kier molecular flexibility index (Phi) is 5.02. The zero-order chi connectivity index (χ0) is 14.0. The number of halogens is 5. The number of aromatic nitrogens is 2. The zero-order valence-corrected chi connectivity index (χ0v) is 10.7. The molecular formula is C12H10ClF4N3. The van der Waals surface area contributed by atoms with Crippen molar-refractivity contribution in [2.24, 2.45) is 5.73 Å². The highest BCUT2D eigenvalue weighted by atomic mass is 35.5. The van der Waals surface area contributed by atoms with Gasteiger partial charge in [0.05, 0.1) is 11.6 Å². The first-order valence-corrected chi connectivity index (χ1v) is 5.28. The molecule has 0 spiro atoms. The van der Waals surface area contributed by atoms with E-state index >= 15 is 0 Å². The normalized spacial score (nSPS) is 12.7. The molecule has 0 fully saturated rings. The Morgan fingerprint density at radius 1 is 1.10 bits per heavy atom. The summed E-state index contributed by atoms with van der Waals surface area (Å²) in [5.41, 5.74) is 4.63. The van der Waals surface area contributed by atoms with Crippen LogP contribution in [0.3, 0.4) is 0 Å². The van der Waals surface area contributed by atoms with Crippen LogP contribution in [-0.4, -0.2) is 9.97 Å². The summed E-state index contributed by atoms with van der Waals surface area (Å²) in [5, 5.41) is 0. The van der Waals surface area contributed by atoms with Crippen LogP contribution in [0.25, 0.3) is 0 Å². The van der Waals surface area contributed by atoms with Crippen LogP contribution in [0.2, 0.25) is 0 Å². The van der Waals surface area contributed by atoms with Gasteiger partial charge in [0.2, 0.25) is 0 Å². The largest absolute Gasteiger partial charge is 0.419 e. The highest BCUT2D eigenvalue weighted by Gasteiger charge is 2.34. The van der Waals surface area contributed by atoms with E-state index in [1.165, 1.54) is 12.4 Å². The first-order chi connectivity index (χ1) is 8.89. The van der Waals surface area contributed by atoms with Gasteiger partial charge in [-0.1, -0.05) is 6.07 Å². The Bertz CT molecular complexity index is 575. The summed E-state index contributed by atoms with van der Waals surface area (Å²) >= 11 is 0. The number of nitrogens with zero attached hydrogens (tertiary/aromatic N) is 2. The molecule has 0 aliphatic rings. The van der Waals surface area contributed by atoms with Gasteiger partial charge < -0.3 is 5.73 Å². The van der Waals surface area contributed by atoms with Crippen molar-refractivity contribution in [2.45, 2.75) is 12.2 Å². The highest BCUT2D eigenvalue weighted by molar-refractivity contribution is 5.85. The Morgan fingerprint density at radius 2 is 1.70 bits per heavy atom. The SMILES string of the molecule is Cl.N[C@@H](c1ccc(C(F)(F)F)c(F)c1)c1ncccn1. The lowest BCUT2D eigenvalue weighted by Gasteiger charge is -2.13. The molecule has 0 amide bonds. The fraction of sp³-hybridized carbons (Fsp3) is 0.167. The lowest BCUT2D eigenvalue weighted by atomic mass is 10.0. The van der Waals surface area contributed by atoms with E-state index in [1.807, 2.05) is 0 Å². The summed E-state index contributed by atoms with van der Waals surface area (Å²) in [6, 6.07) is 3.23. The Morgan fingerprint density at radius 3 is 2.20 bits per heavy atom. The molecule has 2 aromatic rings. The second kappa shape index (κ2) is 6.15. The minimum Gasteiger partial charge on any atom is -0.318 e. The monoisotopic (exact) mass is 307 g/mol. The molecule has 0 saturated carbocycles. The number of nitrogens with two attached hydrogens (primary N) is 1. The van der Waals surface area contributed by atoms with E-state index in [1.54, 1.807) is 6.07 Å². The molecule has 0 radical (unpaired) electrons. The summed E-state index contributed by atoms with van der Waals surface area (Å²) < 4.78 is 50.6. The molecule has 3 nitrogen and oxygen atoms in total. The lowest BCUT2D eigenvalue weighted by molar-refractivity contribution is -0.140. The van der Waals surface area contributed by atoms with E-state index in [0.29, 0.717) is 6.07 Å². The Balaban J connectivity index is 0.00000200. The number of hydrogen-bond donors (Lipinski definition) is 1. The van der Waals surface area contributed by atoms with Crippen molar-refractivity contribution in [1.29, 1.82) is 0 Å². The van der Waals surface area contributed by atoms with Crippen LogP contribution >= 0.6 is 12.4 Å². The average Bonchev–Trinajstić information content (AvgIpc) is 2.37. The number of alkyl halides is 3. The van der Waals surface area contributed by atoms with Crippen LogP contribution in [0.4, 0.5) is 17.6 Å². The molecular weight excluding hydrogens is 298 g/mol. The van der Waals surface area contributed by atoms with Gasteiger partial charge in [-0.05, 0) is 23.8 Å². The van der Waals surface area contributed by atoms with E-state index < -0.39 is 23.6 Å². The Hall–Kier alpha value is -1.73. The molecule has 8 heteroatoms. The van der Waals surface area contributed by atoms with Crippen molar-refractivity contribution in [1.82, 2.24) is 9.97 Å². The number of rotatable bonds is 2. The molecule has 1 aromatic heterocycles. The van der Waals surface area contributed by atoms with Crippen LogP contribution in [0.5, 0.6) is 0 Å². The molecule has 108 valence electrons. The maximum absolute atomic E-state index is 13.4. The maximum Gasteiger partial charge on any atom is 0.419 e. The van der Waals surface area contributed by atoms with Gasteiger partial charge in [0.15, 0.2) is 0 Å². The van der Waals surface area contributed by atoms with E-state index in [9.17, 15) is 17.6 Å². The average molecular weight is 308 g/mol. The molecule has 1 atom stereocenters. The minimum absolute atomic E-state index is 0. The smallest absolute Gasteiger partial charge is 0.318 e. The van der Waals surface area contributed by atoms with Gasteiger partial charge in [-0.3, -0.25) is 0 Å². The van der Waals surface area contributed by atoms with Crippen LogP contribution in [0.1, 0.15) is 23.0 Å². The van der Waals surface area contributed by atoms with E-state index in [4.69, 9.17) is 5.73 Å². The molecule has 2 N–H and O–H groups in total. The van der Waals surface area contributed by atoms with Crippen molar-refractivity contribution >= 4 is 12.4 Å². The van der Waals surface area contributed by atoms with Gasteiger partial charge in [0.25, 0.3) is 0 Å². The standard InChI is InChI=1S/C12H9F4N3.ClH/c13-9-6-7(2-3-8(9)12(14,15)16)10(17)11-18-4-1-5-19-11;/h1-6,10H,17H2;1H/t10-;/m0./s1. The molecule has 0 aliphatic carbocycles. The Labute approximate surface area is 118 Å². The van der Waals surface area contributed by atoms with Crippen molar-refractivity contribution < 1.29 is 17.6 Å². The van der Waals surface area contributed by atoms with Crippen molar-refractivity contribution in [3.63, 3.8) is 0 Å². The maximum atomic E-state index is 13.4. The quantitative estimate of drug-likeness (QED) is 0.867. The second-order valence-electron chi connectivity index (χ2n) is 3.82. The summed E-state index contributed by atoms with van der Waals surface area (Å²) in [5.74, 6) is -1.15. The second-order valence-corrected chi connectivity index (χ2v) is 3.82. The van der Waals surface area contributed by atoms with Crippen LogP contribution < -0.4 is 5.73 Å². The van der Waals surface area contributed by atoms with E-state index in [2.05, 4.69) is 9.97 Å². The fourth-order valence-corrected chi connectivity index (χ4v) is 1.57. The predicted molar refractivity (Wildman–Crippen MR) is 66.7 cm³/mol. The molecule has 1 heterocycles. The van der Waals surface area contributed by atoms with Gasteiger partial charge >= 0.3 is 6.18 Å². The van der Waals surface area contributed by atoms with Gasteiger partial charge in [0.1, 0.15) is 11.6 Å². The van der Waals surface area contributed by atoms with E-state index in [0.717, 1.165) is 12.1 Å². The summed E-state index contributed by atoms with van der Waals surface area (Å²) in [7, 11) is 0. The summed E-state index contributed by atoms with van der Waals surface area (Å²) in [4.78, 5) is 7.75. The zero-order valence-electron chi connectivity index (χ0n) is 9.93. The summed E-state index contributed by atoms with van der Waals surface area (Å²) in [6.45, 7) is 0. The molecule has 0 saturated heterocycles. The van der Waals surface area contributed by atoms with Gasteiger partial charge in [-0.2, -0.15) is 13.2 Å². The molecule has 20 heavy (non-hydrogen) atoms. The fourth-order valence-electron chi connectivity index (χ4n) is 1.57. The molecule has 2 rings (SSSR count). The van der Waals surface area contributed by atoms with Crippen molar-refractivity contribution in [3.05, 3.63) is 59.4 Å². The third-order valence-corrected chi connectivity index (χ3v) is 2.52. The van der Waals surface area contributed by atoms with Crippen LogP contribution in [-0.2, 0) is 6.18 Å². The van der Waals surface area contributed by atoms with Gasteiger partial charge in [0, 0.05) is 12.4 Å². The van der Waals surface area contributed by atoms with E-state index in [-0.39, 0.29) is 23.8 Å². The lowest BCUT2D eigenvalue weighted by Crippen LogP contribution is -2.16.